The fourth-order valence-corrected chi connectivity index (χ4v) is 12.0. The van der Waals surface area contributed by atoms with Crippen LogP contribution in [0.2, 0.25) is 5.04 Å². The smallest absolute Gasteiger partial charge is 0.261 e. The van der Waals surface area contributed by atoms with E-state index in [4.69, 9.17) is 13.9 Å². The first-order valence-corrected chi connectivity index (χ1v) is 16.2. The molecule has 0 spiro atoms. The zero-order valence-electron chi connectivity index (χ0n) is 23.8. The summed E-state index contributed by atoms with van der Waals surface area (Å²) < 4.78 is 19.3. The molecule has 0 radical (unpaired) electrons. The van der Waals surface area contributed by atoms with E-state index in [2.05, 4.69) is 112 Å². The Bertz CT molecular complexity index is 1180. The molecule has 0 amide bonds. The van der Waals surface area contributed by atoms with E-state index in [-0.39, 0.29) is 28.4 Å². The Balaban J connectivity index is 1.55. The van der Waals surface area contributed by atoms with E-state index >= 15 is 0 Å². The summed E-state index contributed by atoms with van der Waals surface area (Å²) in [4.78, 5) is 13.1. The van der Waals surface area contributed by atoms with E-state index in [0.717, 1.165) is 6.42 Å². The summed E-state index contributed by atoms with van der Waals surface area (Å²) in [6.07, 6.45) is 2.03. The van der Waals surface area contributed by atoms with Gasteiger partial charge in [-0.1, -0.05) is 112 Å². The number of hydrogen-bond donors (Lipinski definition) is 0. The summed E-state index contributed by atoms with van der Waals surface area (Å²) in [5.41, 5.74) is 1.06. The van der Waals surface area contributed by atoms with Crippen LogP contribution in [0.15, 0.2) is 91.0 Å². The number of methoxy groups -OCH3 is 1. The summed E-state index contributed by atoms with van der Waals surface area (Å²) in [7, 11) is -1.01. The monoisotopic (exact) mass is 542 g/mol. The molecule has 0 N–H and O–H groups in total. The van der Waals surface area contributed by atoms with Gasteiger partial charge in [-0.2, -0.15) is 0 Å². The van der Waals surface area contributed by atoms with Crippen LogP contribution in [0.3, 0.4) is 0 Å². The average Bonchev–Trinajstić information content (AvgIpc) is 3.42. The van der Waals surface area contributed by atoms with E-state index in [1.54, 1.807) is 7.11 Å². The highest BCUT2D eigenvalue weighted by molar-refractivity contribution is 6.99. The molecule has 0 unspecified atom stereocenters. The number of rotatable bonds is 10. The Labute approximate surface area is 234 Å². The number of fused-ring (bicyclic) bond motifs is 1. The Morgan fingerprint density at radius 1 is 0.846 bits per heavy atom. The molecule has 5 rings (SSSR count). The van der Waals surface area contributed by atoms with Gasteiger partial charge >= 0.3 is 0 Å². The molecular weight excluding hydrogens is 500 g/mol. The van der Waals surface area contributed by atoms with Crippen molar-refractivity contribution >= 4 is 24.5 Å². The minimum Gasteiger partial charge on any atom is -0.407 e. The van der Waals surface area contributed by atoms with Gasteiger partial charge in [0, 0.05) is 37.9 Å². The lowest BCUT2D eigenvalue weighted by molar-refractivity contribution is -0.118. The molecule has 2 saturated carbocycles. The maximum absolute atomic E-state index is 13.1. The molecule has 2 fully saturated rings. The highest BCUT2D eigenvalue weighted by Gasteiger charge is 2.60. The molecule has 39 heavy (non-hydrogen) atoms. The molecule has 0 saturated heterocycles. The number of carbonyl (C=O) groups is 1. The zero-order valence-corrected chi connectivity index (χ0v) is 24.8. The second-order valence-corrected chi connectivity index (χ2v) is 16.6. The lowest BCUT2D eigenvalue weighted by Gasteiger charge is -2.44. The number of ketones is 1. The van der Waals surface area contributed by atoms with E-state index < -0.39 is 8.32 Å². The van der Waals surface area contributed by atoms with Crippen LogP contribution in [0.25, 0.3) is 0 Å². The van der Waals surface area contributed by atoms with Crippen LogP contribution in [-0.2, 0) is 24.1 Å². The molecule has 2 aliphatic carbocycles. The minimum atomic E-state index is -2.71. The van der Waals surface area contributed by atoms with Gasteiger partial charge in [0.25, 0.3) is 8.32 Å². The average molecular weight is 543 g/mol. The molecular formula is C34H42O4Si. The van der Waals surface area contributed by atoms with E-state index in [9.17, 15) is 4.79 Å². The lowest BCUT2D eigenvalue weighted by atomic mass is 9.73. The van der Waals surface area contributed by atoms with Crippen LogP contribution in [0.4, 0.5) is 0 Å². The highest BCUT2D eigenvalue weighted by atomic mass is 28.4. The van der Waals surface area contributed by atoms with Crippen LogP contribution in [0.1, 0.15) is 45.6 Å². The van der Waals surface area contributed by atoms with E-state index in [0.29, 0.717) is 38.4 Å². The SMILES string of the molecule is COCCO[C@H]1C[C@]2(c3ccccc3)CC(=O)C[C@@H]2[C@H]1CO[Si](c1ccccc1)(c1ccccc1)C(C)(C)C. The van der Waals surface area contributed by atoms with E-state index in [1.165, 1.54) is 15.9 Å². The van der Waals surface area contributed by atoms with E-state index in [1.807, 2.05) is 0 Å². The quantitative estimate of drug-likeness (QED) is 0.250. The fraction of sp³-hybridized carbons (Fsp3) is 0.441. The van der Waals surface area contributed by atoms with Gasteiger partial charge < -0.3 is 13.9 Å². The van der Waals surface area contributed by atoms with Gasteiger partial charge in [0.1, 0.15) is 5.78 Å². The van der Waals surface area contributed by atoms with Crippen molar-refractivity contribution in [2.75, 3.05) is 26.9 Å². The molecule has 0 heterocycles. The van der Waals surface area contributed by atoms with Crippen molar-refractivity contribution in [3.05, 3.63) is 96.6 Å². The standard InChI is InChI=1S/C34H42O4Si/c1-33(2,3)39(28-16-10-6-11-17-28,29-18-12-7-13-19-29)38-25-30-31-22-27(35)23-34(31,26-14-8-5-9-15-26)24-32(30)37-21-20-36-4/h5-19,30-32H,20-25H2,1-4H3/t30-,31-,32+,34+/m1/s1. The Morgan fingerprint density at radius 2 is 1.41 bits per heavy atom. The van der Waals surface area contributed by atoms with Crippen LogP contribution in [0.5, 0.6) is 0 Å². The van der Waals surface area contributed by atoms with Crippen molar-refractivity contribution in [1.82, 2.24) is 0 Å². The third-order valence-corrected chi connectivity index (χ3v) is 14.1. The number of benzene rings is 3. The first-order chi connectivity index (χ1) is 18.8. The van der Waals surface area contributed by atoms with Crippen LogP contribution in [-0.4, -0.2) is 47.1 Å². The first kappa shape index (κ1) is 28.0. The molecule has 4 nitrogen and oxygen atoms in total. The summed E-state index contributed by atoms with van der Waals surface area (Å²) in [5, 5.41) is 2.44. The number of hydrogen-bond acceptors (Lipinski definition) is 4. The van der Waals surface area contributed by atoms with Crippen molar-refractivity contribution in [1.29, 1.82) is 0 Å². The van der Waals surface area contributed by atoms with Gasteiger partial charge in [-0.3, -0.25) is 4.79 Å². The summed E-state index contributed by atoms with van der Waals surface area (Å²) in [5.74, 6) is 0.669. The highest BCUT2D eigenvalue weighted by Crippen LogP contribution is 2.58. The Morgan fingerprint density at radius 3 is 1.95 bits per heavy atom. The van der Waals surface area contributed by atoms with Gasteiger partial charge in [-0.25, -0.2) is 0 Å². The number of Topliss-reactive ketones (excluding diaryl/α,β-unsaturated/α-hetero) is 1. The number of carbonyl (C=O) groups excluding carboxylic acids is 1. The molecule has 0 aromatic heterocycles. The molecule has 5 heteroatoms. The Kier molecular flexibility index (Phi) is 8.25. The summed E-state index contributed by atoms with van der Waals surface area (Å²) >= 11 is 0. The minimum absolute atomic E-state index is 0.0108. The van der Waals surface area contributed by atoms with Crippen LogP contribution >= 0.6 is 0 Å². The van der Waals surface area contributed by atoms with Crippen LogP contribution < -0.4 is 10.4 Å². The first-order valence-electron chi connectivity index (χ1n) is 14.2. The van der Waals surface area contributed by atoms with Gasteiger partial charge in [0.15, 0.2) is 0 Å². The largest absolute Gasteiger partial charge is 0.407 e. The van der Waals surface area contributed by atoms with Crippen molar-refractivity contribution in [2.24, 2.45) is 11.8 Å². The molecule has 0 bridgehead atoms. The maximum atomic E-state index is 13.1. The van der Waals surface area contributed by atoms with Crippen molar-refractivity contribution in [3.8, 4) is 0 Å². The number of ether oxygens (including phenoxy) is 2. The zero-order chi connectivity index (χ0) is 27.5. The molecule has 3 aromatic rings. The fourth-order valence-electron chi connectivity index (χ4n) is 7.43. The topological polar surface area (TPSA) is 44.8 Å². The van der Waals surface area contributed by atoms with Gasteiger partial charge in [-0.15, -0.1) is 0 Å². The second-order valence-electron chi connectivity index (χ2n) is 12.3. The van der Waals surface area contributed by atoms with Gasteiger partial charge in [-0.05, 0) is 33.3 Å². The van der Waals surface area contributed by atoms with Gasteiger partial charge in [0.2, 0.25) is 0 Å². The van der Waals surface area contributed by atoms with Crippen LogP contribution in [0, 0.1) is 11.8 Å². The normalized spacial score (nSPS) is 25.1. The molecule has 206 valence electrons. The second kappa shape index (κ2) is 11.5. The molecule has 4 atom stereocenters. The summed E-state index contributed by atoms with van der Waals surface area (Å²) in [6.45, 7) is 8.61. The van der Waals surface area contributed by atoms with Crippen molar-refractivity contribution in [3.63, 3.8) is 0 Å². The summed E-state index contributed by atoms with van der Waals surface area (Å²) in [6, 6.07) is 32.2. The third kappa shape index (κ3) is 5.18. The lowest BCUT2D eigenvalue weighted by Crippen LogP contribution is -2.67. The molecule has 2 aliphatic rings. The molecule has 0 aliphatic heterocycles. The van der Waals surface area contributed by atoms with Crippen molar-refractivity contribution < 1.29 is 18.7 Å². The van der Waals surface area contributed by atoms with Crippen molar-refractivity contribution in [2.45, 2.75) is 56.6 Å². The Hall–Kier alpha value is -2.57. The van der Waals surface area contributed by atoms with Gasteiger partial charge in [0.05, 0.1) is 19.3 Å². The third-order valence-electron chi connectivity index (χ3n) is 9.11. The predicted molar refractivity (Wildman–Crippen MR) is 159 cm³/mol. The predicted octanol–water partition coefficient (Wildman–Crippen LogP) is 5.53. The molecule has 3 aromatic carbocycles. The maximum Gasteiger partial charge on any atom is 0.261 e.